The lowest BCUT2D eigenvalue weighted by atomic mass is 10.0. The fourth-order valence-corrected chi connectivity index (χ4v) is 4.68. The first-order valence-corrected chi connectivity index (χ1v) is 10.1. The Morgan fingerprint density at radius 3 is 2.64 bits per heavy atom. The zero-order valence-corrected chi connectivity index (χ0v) is 14.3. The lowest BCUT2D eigenvalue weighted by Crippen LogP contribution is -2.43. The Bertz CT molecular complexity index is 605. The van der Waals surface area contributed by atoms with Crippen molar-refractivity contribution in [3.05, 3.63) is 11.9 Å². The summed E-state index contributed by atoms with van der Waals surface area (Å²) >= 11 is 0. The highest BCUT2D eigenvalue weighted by Gasteiger charge is 2.33. The molecule has 22 heavy (non-hydrogen) atoms. The Kier molecular flexibility index (Phi) is 4.56. The Labute approximate surface area is 132 Å². The SMILES string of the molecule is CCN1CCC(N2CC[C@@H](c3[nH]ncc3S(C)(=O)=O)C2)CC1. The van der Waals surface area contributed by atoms with Crippen molar-refractivity contribution < 1.29 is 8.42 Å². The van der Waals surface area contributed by atoms with E-state index in [1.54, 1.807) is 0 Å². The number of aromatic amines is 1. The molecule has 1 atom stereocenters. The first kappa shape index (κ1) is 16.0. The van der Waals surface area contributed by atoms with Crippen molar-refractivity contribution in [3.8, 4) is 0 Å². The van der Waals surface area contributed by atoms with Gasteiger partial charge in [0.05, 0.1) is 11.9 Å². The molecule has 2 aliphatic heterocycles. The van der Waals surface area contributed by atoms with Gasteiger partial charge in [-0.1, -0.05) is 6.92 Å². The van der Waals surface area contributed by atoms with Crippen molar-refractivity contribution in [2.24, 2.45) is 0 Å². The minimum absolute atomic E-state index is 0.261. The van der Waals surface area contributed by atoms with E-state index in [1.165, 1.54) is 38.4 Å². The maximum absolute atomic E-state index is 11.8. The van der Waals surface area contributed by atoms with Crippen LogP contribution in [-0.2, 0) is 9.84 Å². The van der Waals surface area contributed by atoms with Gasteiger partial charge in [-0.15, -0.1) is 0 Å². The van der Waals surface area contributed by atoms with Crippen LogP contribution in [0.1, 0.15) is 37.8 Å². The monoisotopic (exact) mass is 326 g/mol. The van der Waals surface area contributed by atoms with Gasteiger partial charge in [-0.2, -0.15) is 5.10 Å². The van der Waals surface area contributed by atoms with E-state index in [-0.39, 0.29) is 5.92 Å². The molecular formula is C15H26N4O2S. The summed E-state index contributed by atoms with van der Waals surface area (Å²) in [7, 11) is -3.20. The molecule has 0 unspecified atom stereocenters. The average molecular weight is 326 g/mol. The molecule has 0 radical (unpaired) electrons. The van der Waals surface area contributed by atoms with Gasteiger partial charge in [0.1, 0.15) is 4.90 Å². The van der Waals surface area contributed by atoms with Gasteiger partial charge >= 0.3 is 0 Å². The van der Waals surface area contributed by atoms with Gasteiger partial charge in [0, 0.05) is 24.8 Å². The lowest BCUT2D eigenvalue weighted by molar-refractivity contribution is 0.129. The number of likely N-dealkylation sites (tertiary alicyclic amines) is 2. The lowest BCUT2D eigenvalue weighted by Gasteiger charge is -2.36. The van der Waals surface area contributed by atoms with Gasteiger partial charge in [0.15, 0.2) is 9.84 Å². The second kappa shape index (κ2) is 6.29. The quantitative estimate of drug-likeness (QED) is 0.897. The van der Waals surface area contributed by atoms with E-state index in [9.17, 15) is 8.42 Å². The van der Waals surface area contributed by atoms with E-state index < -0.39 is 9.84 Å². The van der Waals surface area contributed by atoms with Gasteiger partial charge in [-0.25, -0.2) is 8.42 Å². The Hall–Kier alpha value is -0.920. The van der Waals surface area contributed by atoms with Crippen molar-refractivity contribution in [3.63, 3.8) is 0 Å². The normalized spacial score (nSPS) is 25.8. The highest BCUT2D eigenvalue weighted by Crippen LogP contribution is 2.32. The van der Waals surface area contributed by atoms with Crippen LogP contribution >= 0.6 is 0 Å². The zero-order chi connectivity index (χ0) is 15.7. The molecule has 0 amide bonds. The van der Waals surface area contributed by atoms with Crippen LogP contribution in [0.25, 0.3) is 0 Å². The maximum atomic E-state index is 11.8. The van der Waals surface area contributed by atoms with E-state index in [0.717, 1.165) is 31.7 Å². The first-order chi connectivity index (χ1) is 10.5. The minimum atomic E-state index is -3.20. The number of hydrogen-bond donors (Lipinski definition) is 1. The van der Waals surface area contributed by atoms with Crippen LogP contribution in [-0.4, -0.2) is 73.4 Å². The number of aromatic nitrogens is 2. The van der Waals surface area contributed by atoms with Crippen molar-refractivity contribution in [1.29, 1.82) is 0 Å². The van der Waals surface area contributed by atoms with E-state index in [1.807, 2.05) is 0 Å². The fraction of sp³-hybridized carbons (Fsp3) is 0.800. The molecule has 0 aliphatic carbocycles. The van der Waals surface area contributed by atoms with Gasteiger partial charge in [-0.3, -0.25) is 10.00 Å². The summed E-state index contributed by atoms with van der Waals surface area (Å²) < 4.78 is 23.7. The molecule has 6 nitrogen and oxygen atoms in total. The van der Waals surface area contributed by atoms with Crippen LogP contribution < -0.4 is 0 Å². The molecule has 3 heterocycles. The topological polar surface area (TPSA) is 69.3 Å². The van der Waals surface area contributed by atoms with Gasteiger partial charge in [0.25, 0.3) is 0 Å². The molecule has 1 N–H and O–H groups in total. The predicted molar refractivity (Wildman–Crippen MR) is 85.8 cm³/mol. The summed E-state index contributed by atoms with van der Waals surface area (Å²) in [4.78, 5) is 5.42. The number of hydrogen-bond acceptors (Lipinski definition) is 5. The predicted octanol–water partition coefficient (Wildman–Crippen LogP) is 1.09. The number of piperidine rings is 1. The van der Waals surface area contributed by atoms with E-state index in [2.05, 4.69) is 26.9 Å². The maximum Gasteiger partial charge on any atom is 0.178 e. The van der Waals surface area contributed by atoms with Crippen molar-refractivity contribution in [2.45, 2.75) is 43.0 Å². The van der Waals surface area contributed by atoms with Crippen molar-refractivity contribution in [2.75, 3.05) is 39.0 Å². The molecular weight excluding hydrogens is 300 g/mol. The Morgan fingerprint density at radius 2 is 2.00 bits per heavy atom. The van der Waals surface area contributed by atoms with E-state index in [0.29, 0.717) is 10.9 Å². The summed E-state index contributed by atoms with van der Waals surface area (Å²) in [6, 6.07) is 0.650. The zero-order valence-electron chi connectivity index (χ0n) is 13.5. The minimum Gasteiger partial charge on any atom is -0.303 e. The van der Waals surface area contributed by atoms with E-state index >= 15 is 0 Å². The molecule has 3 rings (SSSR count). The Morgan fingerprint density at radius 1 is 1.27 bits per heavy atom. The summed E-state index contributed by atoms with van der Waals surface area (Å²) in [5, 5.41) is 6.89. The number of nitrogens with one attached hydrogen (secondary N) is 1. The third-order valence-electron chi connectivity index (χ3n) is 5.18. The van der Waals surface area contributed by atoms with Crippen molar-refractivity contribution in [1.82, 2.24) is 20.0 Å². The van der Waals surface area contributed by atoms with E-state index in [4.69, 9.17) is 0 Å². The highest BCUT2D eigenvalue weighted by molar-refractivity contribution is 7.90. The van der Waals surface area contributed by atoms with Gasteiger partial charge in [-0.05, 0) is 45.4 Å². The van der Waals surface area contributed by atoms with Crippen LogP contribution in [0.2, 0.25) is 0 Å². The number of H-pyrrole nitrogens is 1. The Balaban J connectivity index is 1.65. The number of rotatable bonds is 4. The summed E-state index contributed by atoms with van der Waals surface area (Å²) in [5.74, 6) is 0.261. The molecule has 0 bridgehead atoms. The molecule has 2 fully saturated rings. The highest BCUT2D eigenvalue weighted by atomic mass is 32.2. The summed E-state index contributed by atoms with van der Waals surface area (Å²) in [6.07, 6.45) is 6.17. The van der Waals surface area contributed by atoms with Crippen LogP contribution in [0, 0.1) is 0 Å². The molecule has 1 aromatic rings. The van der Waals surface area contributed by atoms with Crippen LogP contribution in [0.5, 0.6) is 0 Å². The van der Waals surface area contributed by atoms with Gasteiger partial charge < -0.3 is 4.90 Å². The summed E-state index contributed by atoms with van der Waals surface area (Å²) in [5.41, 5.74) is 0.802. The molecule has 1 aromatic heterocycles. The largest absolute Gasteiger partial charge is 0.303 e. The number of nitrogens with zero attached hydrogens (tertiary/aromatic N) is 3. The molecule has 124 valence electrons. The fourth-order valence-electron chi connectivity index (χ4n) is 3.83. The summed E-state index contributed by atoms with van der Waals surface area (Å²) in [6.45, 7) is 7.73. The average Bonchev–Trinajstić information content (AvgIpc) is 3.15. The molecule has 0 aromatic carbocycles. The number of sulfone groups is 1. The van der Waals surface area contributed by atoms with Crippen LogP contribution in [0.15, 0.2) is 11.1 Å². The molecule has 0 saturated carbocycles. The molecule has 0 spiro atoms. The standard InChI is InChI=1S/C15H26N4O2S/c1-3-18-7-5-13(6-8-18)19-9-4-12(11-19)15-14(10-16-17-15)22(2,20)21/h10,12-13H,3-9,11H2,1-2H3,(H,16,17)/t12-/m1/s1. The molecule has 2 saturated heterocycles. The van der Waals surface area contributed by atoms with Crippen LogP contribution in [0.3, 0.4) is 0 Å². The van der Waals surface area contributed by atoms with Crippen LogP contribution in [0.4, 0.5) is 0 Å². The van der Waals surface area contributed by atoms with Crippen molar-refractivity contribution >= 4 is 9.84 Å². The molecule has 2 aliphatic rings. The molecule has 7 heteroatoms. The van der Waals surface area contributed by atoms with Gasteiger partial charge in [0.2, 0.25) is 0 Å². The second-order valence-electron chi connectivity index (χ2n) is 6.57. The smallest absolute Gasteiger partial charge is 0.178 e. The second-order valence-corrected chi connectivity index (χ2v) is 8.55. The third kappa shape index (κ3) is 3.21. The first-order valence-electron chi connectivity index (χ1n) is 8.18. The third-order valence-corrected chi connectivity index (χ3v) is 6.30.